The number of carboxylic acids is 1. The number of thiophene rings is 1. The van der Waals surface area contributed by atoms with Crippen molar-refractivity contribution in [2.24, 2.45) is 0 Å². The molecular weight excluding hydrogens is 268 g/mol. The lowest BCUT2D eigenvalue weighted by Crippen LogP contribution is -2.52. The Labute approximate surface area is 115 Å². The Balaban J connectivity index is 2.66. The number of rotatable bonds is 6. The molecule has 0 radical (unpaired) electrons. The highest BCUT2D eigenvalue weighted by atomic mass is 32.1. The van der Waals surface area contributed by atoms with Gasteiger partial charge in [-0.2, -0.15) is 0 Å². The molecular formula is C12H18N2O4S. The van der Waals surface area contributed by atoms with Gasteiger partial charge >= 0.3 is 12.0 Å². The lowest BCUT2D eigenvalue weighted by Gasteiger charge is -2.26. The van der Waals surface area contributed by atoms with Gasteiger partial charge < -0.3 is 20.5 Å². The molecule has 0 bridgehead atoms. The summed E-state index contributed by atoms with van der Waals surface area (Å²) < 4.78 is 4.98. The number of carbonyl (C=O) groups excluding carboxylic acids is 1. The van der Waals surface area contributed by atoms with Crippen molar-refractivity contribution in [3.05, 3.63) is 22.4 Å². The van der Waals surface area contributed by atoms with Crippen molar-refractivity contribution >= 4 is 23.3 Å². The molecule has 2 amide bonds. The molecule has 1 unspecified atom stereocenters. The summed E-state index contributed by atoms with van der Waals surface area (Å²) in [5.74, 6) is -1.10. The van der Waals surface area contributed by atoms with Crippen molar-refractivity contribution in [3.63, 3.8) is 0 Å². The van der Waals surface area contributed by atoms with Gasteiger partial charge in [0.2, 0.25) is 0 Å². The molecule has 0 aliphatic heterocycles. The summed E-state index contributed by atoms with van der Waals surface area (Å²) in [5, 5.41) is 16.0. The predicted molar refractivity (Wildman–Crippen MR) is 72.3 cm³/mol. The maximum Gasteiger partial charge on any atom is 0.331 e. The largest absolute Gasteiger partial charge is 0.479 e. The molecule has 6 nitrogen and oxygen atoms in total. The highest BCUT2D eigenvalue weighted by Gasteiger charge is 2.26. The Bertz CT molecular complexity index is 431. The summed E-state index contributed by atoms with van der Waals surface area (Å²) >= 11 is 1.28. The smallest absolute Gasteiger partial charge is 0.331 e. The Morgan fingerprint density at radius 2 is 2.21 bits per heavy atom. The number of hydrogen-bond donors (Lipinski definition) is 3. The van der Waals surface area contributed by atoms with Gasteiger partial charge in [0.15, 0.2) is 6.04 Å². The standard InChI is InChI=1S/C12H18N2O4S/c1-12(2,7-18-3)14-11(17)13-9(10(15)16)8-5-4-6-19-8/h4-6,9H,7H2,1-3H3,(H,15,16)(H2,13,14,17). The molecule has 0 saturated heterocycles. The van der Waals surface area contributed by atoms with Crippen molar-refractivity contribution in [1.29, 1.82) is 0 Å². The lowest BCUT2D eigenvalue weighted by molar-refractivity contribution is -0.139. The van der Waals surface area contributed by atoms with Crippen LogP contribution < -0.4 is 10.6 Å². The minimum atomic E-state index is -1.10. The van der Waals surface area contributed by atoms with Gasteiger partial charge in [-0.3, -0.25) is 0 Å². The maximum absolute atomic E-state index is 11.8. The van der Waals surface area contributed by atoms with Crippen molar-refractivity contribution < 1.29 is 19.4 Å². The molecule has 1 aromatic rings. The number of nitrogens with one attached hydrogen (secondary N) is 2. The van der Waals surface area contributed by atoms with E-state index in [-0.39, 0.29) is 0 Å². The van der Waals surface area contributed by atoms with Crippen molar-refractivity contribution in [1.82, 2.24) is 10.6 Å². The zero-order chi connectivity index (χ0) is 14.5. The van der Waals surface area contributed by atoms with E-state index >= 15 is 0 Å². The number of carbonyl (C=O) groups is 2. The van der Waals surface area contributed by atoms with Crippen LogP contribution in [0.25, 0.3) is 0 Å². The quantitative estimate of drug-likeness (QED) is 0.741. The predicted octanol–water partition coefficient (Wildman–Crippen LogP) is 1.60. The highest BCUT2D eigenvalue weighted by molar-refractivity contribution is 7.10. The number of carboxylic acid groups (broad SMARTS) is 1. The summed E-state index contributed by atoms with van der Waals surface area (Å²) in [6, 6.07) is 1.83. The summed E-state index contributed by atoms with van der Waals surface area (Å²) in [5.41, 5.74) is -0.572. The number of aliphatic carboxylic acids is 1. The van der Waals surface area contributed by atoms with Crippen molar-refractivity contribution in [2.45, 2.75) is 25.4 Å². The van der Waals surface area contributed by atoms with Crippen LogP contribution in [0.4, 0.5) is 4.79 Å². The van der Waals surface area contributed by atoms with Crippen LogP contribution >= 0.6 is 11.3 Å². The van der Waals surface area contributed by atoms with Crippen molar-refractivity contribution in [3.8, 4) is 0 Å². The zero-order valence-electron chi connectivity index (χ0n) is 11.1. The number of hydrogen-bond acceptors (Lipinski definition) is 4. The van der Waals surface area contributed by atoms with E-state index in [2.05, 4.69) is 10.6 Å². The molecule has 0 saturated carbocycles. The average molecular weight is 286 g/mol. The fourth-order valence-corrected chi connectivity index (χ4v) is 2.35. The second-order valence-electron chi connectivity index (χ2n) is 4.70. The minimum absolute atomic E-state index is 0.331. The van der Waals surface area contributed by atoms with Gasteiger partial charge in [0, 0.05) is 12.0 Å². The number of ether oxygens (including phenoxy) is 1. The Morgan fingerprint density at radius 3 is 2.68 bits per heavy atom. The highest BCUT2D eigenvalue weighted by Crippen LogP contribution is 2.19. The van der Waals surface area contributed by atoms with E-state index < -0.39 is 23.6 Å². The third kappa shape index (κ3) is 4.88. The first kappa shape index (κ1) is 15.5. The van der Waals surface area contributed by atoms with E-state index in [0.717, 1.165) is 0 Å². The normalized spacial score (nSPS) is 12.8. The van der Waals surface area contributed by atoms with E-state index in [0.29, 0.717) is 11.5 Å². The van der Waals surface area contributed by atoms with Crippen LogP contribution in [0.15, 0.2) is 17.5 Å². The second-order valence-corrected chi connectivity index (χ2v) is 5.68. The number of methoxy groups -OCH3 is 1. The first-order chi connectivity index (χ1) is 8.85. The molecule has 0 aliphatic carbocycles. The van der Waals surface area contributed by atoms with Gasteiger partial charge in [-0.15, -0.1) is 11.3 Å². The first-order valence-corrected chi connectivity index (χ1v) is 6.57. The molecule has 0 spiro atoms. The summed E-state index contributed by atoms with van der Waals surface area (Å²) in [7, 11) is 1.53. The van der Waals surface area contributed by atoms with Gasteiger partial charge in [-0.05, 0) is 25.3 Å². The van der Waals surface area contributed by atoms with Gasteiger partial charge in [-0.1, -0.05) is 6.07 Å². The van der Waals surface area contributed by atoms with Crippen LogP contribution in [0, 0.1) is 0 Å². The summed E-state index contributed by atoms with van der Waals surface area (Å²) in [4.78, 5) is 23.5. The van der Waals surface area contributed by atoms with E-state index in [1.807, 2.05) is 0 Å². The van der Waals surface area contributed by atoms with E-state index in [1.165, 1.54) is 18.4 Å². The summed E-state index contributed by atoms with van der Waals surface area (Å²) in [6.45, 7) is 3.91. The van der Waals surface area contributed by atoms with Crippen LogP contribution in [0.3, 0.4) is 0 Å². The van der Waals surface area contributed by atoms with Gasteiger partial charge in [0.1, 0.15) is 0 Å². The molecule has 1 rings (SSSR count). The monoisotopic (exact) mass is 286 g/mol. The minimum Gasteiger partial charge on any atom is -0.479 e. The fourth-order valence-electron chi connectivity index (χ4n) is 1.58. The molecule has 0 aromatic carbocycles. The topological polar surface area (TPSA) is 87.7 Å². The molecule has 106 valence electrons. The third-order valence-corrected chi connectivity index (χ3v) is 3.24. The molecule has 19 heavy (non-hydrogen) atoms. The van der Waals surface area contributed by atoms with Gasteiger partial charge in [-0.25, -0.2) is 9.59 Å². The maximum atomic E-state index is 11.8. The molecule has 3 N–H and O–H groups in total. The van der Waals surface area contributed by atoms with Crippen LogP contribution in [-0.2, 0) is 9.53 Å². The van der Waals surface area contributed by atoms with Crippen LogP contribution in [0.1, 0.15) is 24.8 Å². The average Bonchev–Trinajstić information content (AvgIpc) is 2.77. The second kappa shape index (κ2) is 6.53. The SMILES string of the molecule is COCC(C)(C)NC(=O)NC(C(=O)O)c1cccs1. The molecule has 1 aromatic heterocycles. The Hall–Kier alpha value is -1.60. The van der Waals surface area contributed by atoms with Crippen molar-refractivity contribution in [2.75, 3.05) is 13.7 Å². The molecule has 7 heteroatoms. The van der Waals surface area contributed by atoms with Gasteiger partial charge in [0.25, 0.3) is 0 Å². The van der Waals surface area contributed by atoms with Crippen LogP contribution in [-0.4, -0.2) is 36.4 Å². The van der Waals surface area contributed by atoms with E-state index in [4.69, 9.17) is 9.84 Å². The molecule has 1 atom stereocenters. The molecule has 0 aliphatic rings. The fraction of sp³-hybridized carbons (Fsp3) is 0.500. The van der Waals surface area contributed by atoms with Crippen LogP contribution in [0.5, 0.6) is 0 Å². The molecule has 1 heterocycles. The molecule has 0 fully saturated rings. The summed E-state index contributed by atoms with van der Waals surface area (Å²) in [6.07, 6.45) is 0. The van der Waals surface area contributed by atoms with E-state index in [1.54, 1.807) is 31.4 Å². The zero-order valence-corrected chi connectivity index (χ0v) is 11.9. The third-order valence-electron chi connectivity index (χ3n) is 2.31. The number of amides is 2. The van der Waals surface area contributed by atoms with Crippen LogP contribution in [0.2, 0.25) is 0 Å². The van der Waals surface area contributed by atoms with E-state index in [9.17, 15) is 9.59 Å². The Morgan fingerprint density at radius 1 is 1.53 bits per heavy atom. The number of urea groups is 1. The Kier molecular flexibility index (Phi) is 5.31. The first-order valence-electron chi connectivity index (χ1n) is 5.69. The van der Waals surface area contributed by atoms with Gasteiger partial charge in [0.05, 0.1) is 12.1 Å². The lowest BCUT2D eigenvalue weighted by atomic mass is 10.1.